The summed E-state index contributed by atoms with van der Waals surface area (Å²) in [5.74, 6) is 0. The van der Waals surface area contributed by atoms with Gasteiger partial charge in [-0.2, -0.15) is 13.2 Å². The van der Waals surface area contributed by atoms with Crippen molar-refractivity contribution >= 4 is 5.69 Å². The normalized spacial score (nSPS) is 11.7. The predicted octanol–water partition coefficient (Wildman–Crippen LogP) is 3.02. The zero-order chi connectivity index (χ0) is 15.9. The molecule has 0 atom stereocenters. The summed E-state index contributed by atoms with van der Waals surface area (Å²) in [6, 6.07) is 4.45. The number of alkyl halides is 3. The minimum Gasteiger partial charge on any atom is -0.396 e. The van der Waals surface area contributed by atoms with Crippen molar-refractivity contribution in [3.63, 3.8) is 0 Å². The van der Waals surface area contributed by atoms with Crippen LogP contribution in [0.2, 0.25) is 0 Å². The van der Waals surface area contributed by atoms with Gasteiger partial charge in [0.1, 0.15) is 0 Å². The van der Waals surface area contributed by atoms with Crippen LogP contribution in [0.25, 0.3) is 0 Å². The Labute approximate surface area is 123 Å². The molecule has 1 aromatic carbocycles. The molecule has 0 aromatic heterocycles. The van der Waals surface area contributed by atoms with Gasteiger partial charge >= 0.3 is 6.18 Å². The second kappa shape index (κ2) is 8.24. The molecule has 0 fully saturated rings. The van der Waals surface area contributed by atoms with Gasteiger partial charge < -0.3 is 15.3 Å². The van der Waals surface area contributed by atoms with Crippen LogP contribution in [0.1, 0.15) is 30.4 Å². The molecule has 1 rings (SSSR count). The molecule has 0 saturated heterocycles. The molecule has 0 aliphatic heterocycles. The van der Waals surface area contributed by atoms with E-state index in [0.29, 0.717) is 12.2 Å². The molecule has 21 heavy (non-hydrogen) atoms. The largest absolute Gasteiger partial charge is 0.416 e. The molecule has 0 heterocycles. The van der Waals surface area contributed by atoms with Crippen molar-refractivity contribution in [1.82, 2.24) is 5.32 Å². The lowest BCUT2D eigenvalue weighted by Gasteiger charge is -2.22. The third kappa shape index (κ3) is 5.55. The van der Waals surface area contributed by atoms with Crippen molar-refractivity contribution in [3.8, 4) is 0 Å². The Balaban J connectivity index is 2.84. The summed E-state index contributed by atoms with van der Waals surface area (Å²) in [5, 5.41) is 11.5. The number of unbranched alkanes of at least 4 members (excludes halogenated alkanes) is 2. The van der Waals surface area contributed by atoms with Gasteiger partial charge in [0.25, 0.3) is 0 Å². The van der Waals surface area contributed by atoms with E-state index in [-0.39, 0.29) is 18.7 Å². The third-order valence-electron chi connectivity index (χ3n) is 3.36. The standard InChI is InChI=1S/C15H23F3N2O/c1-19-11-12-6-7-13(10-14(12)15(16,17)18)20(2)8-4-3-5-9-21/h6-7,10,19,21H,3-5,8-9,11H2,1-2H3. The van der Waals surface area contributed by atoms with Crippen LogP contribution >= 0.6 is 0 Å². The van der Waals surface area contributed by atoms with Gasteiger partial charge in [-0.15, -0.1) is 0 Å². The molecule has 0 aliphatic rings. The van der Waals surface area contributed by atoms with Gasteiger partial charge in [-0.1, -0.05) is 6.07 Å². The molecular weight excluding hydrogens is 281 g/mol. The molecule has 120 valence electrons. The molecule has 1 aromatic rings. The van der Waals surface area contributed by atoms with Gasteiger partial charge in [0.2, 0.25) is 0 Å². The van der Waals surface area contributed by atoms with Crippen molar-refractivity contribution in [2.45, 2.75) is 32.0 Å². The van der Waals surface area contributed by atoms with Crippen LogP contribution in [0.5, 0.6) is 0 Å². The molecule has 0 bridgehead atoms. The lowest BCUT2D eigenvalue weighted by molar-refractivity contribution is -0.138. The van der Waals surface area contributed by atoms with Gasteiger partial charge in [-0.25, -0.2) is 0 Å². The molecule has 2 N–H and O–H groups in total. The molecule has 0 unspecified atom stereocenters. The van der Waals surface area contributed by atoms with E-state index >= 15 is 0 Å². The van der Waals surface area contributed by atoms with Crippen molar-refractivity contribution in [3.05, 3.63) is 29.3 Å². The predicted molar refractivity (Wildman–Crippen MR) is 78.4 cm³/mol. The van der Waals surface area contributed by atoms with Crippen molar-refractivity contribution < 1.29 is 18.3 Å². The van der Waals surface area contributed by atoms with Crippen molar-refractivity contribution in [2.75, 3.05) is 32.1 Å². The van der Waals surface area contributed by atoms with Gasteiger partial charge in [0, 0.05) is 32.4 Å². The number of rotatable bonds is 8. The topological polar surface area (TPSA) is 35.5 Å². The fraction of sp³-hybridized carbons (Fsp3) is 0.600. The van der Waals surface area contributed by atoms with Gasteiger partial charge in [0.05, 0.1) is 5.56 Å². The van der Waals surface area contributed by atoms with Crippen LogP contribution < -0.4 is 10.2 Å². The average Bonchev–Trinajstić information content (AvgIpc) is 2.43. The fourth-order valence-electron chi connectivity index (χ4n) is 2.18. The molecule has 0 spiro atoms. The van der Waals surface area contributed by atoms with Gasteiger partial charge in [-0.05, 0) is 44.0 Å². The number of nitrogens with one attached hydrogen (secondary N) is 1. The molecule has 0 saturated carbocycles. The number of nitrogens with zero attached hydrogens (tertiary/aromatic N) is 1. The van der Waals surface area contributed by atoms with E-state index < -0.39 is 11.7 Å². The highest BCUT2D eigenvalue weighted by Gasteiger charge is 2.33. The maximum atomic E-state index is 13.1. The highest BCUT2D eigenvalue weighted by Crippen LogP contribution is 2.34. The second-order valence-electron chi connectivity index (χ2n) is 5.08. The van der Waals surface area contributed by atoms with Crippen molar-refractivity contribution in [1.29, 1.82) is 0 Å². The summed E-state index contributed by atoms with van der Waals surface area (Å²) in [6.45, 7) is 1.01. The Hall–Kier alpha value is -1.27. The minimum atomic E-state index is -4.35. The summed E-state index contributed by atoms with van der Waals surface area (Å²) in [7, 11) is 3.41. The van der Waals surface area contributed by atoms with E-state index in [1.54, 1.807) is 20.2 Å². The first-order chi connectivity index (χ1) is 9.90. The Morgan fingerprint density at radius 3 is 2.48 bits per heavy atom. The van der Waals surface area contributed by atoms with E-state index in [2.05, 4.69) is 5.32 Å². The maximum absolute atomic E-state index is 13.1. The first-order valence-corrected chi connectivity index (χ1v) is 7.07. The summed E-state index contributed by atoms with van der Waals surface area (Å²) in [5.41, 5.74) is 0.227. The van der Waals surface area contributed by atoms with Crippen LogP contribution in [0.3, 0.4) is 0 Å². The summed E-state index contributed by atoms with van der Waals surface area (Å²) < 4.78 is 39.3. The minimum absolute atomic E-state index is 0.153. The zero-order valence-electron chi connectivity index (χ0n) is 12.5. The second-order valence-corrected chi connectivity index (χ2v) is 5.08. The SMILES string of the molecule is CNCc1ccc(N(C)CCCCCO)cc1C(F)(F)F. The van der Waals surface area contributed by atoms with Crippen molar-refractivity contribution in [2.24, 2.45) is 0 Å². The Morgan fingerprint density at radius 1 is 1.19 bits per heavy atom. The first-order valence-electron chi connectivity index (χ1n) is 7.07. The number of aliphatic hydroxyl groups is 1. The molecular formula is C15H23F3N2O. The number of anilines is 1. The molecule has 0 radical (unpaired) electrons. The molecule has 0 amide bonds. The van der Waals surface area contributed by atoms with E-state index in [1.807, 2.05) is 4.90 Å². The average molecular weight is 304 g/mol. The monoisotopic (exact) mass is 304 g/mol. The highest BCUT2D eigenvalue weighted by atomic mass is 19.4. The molecule has 6 heteroatoms. The van der Waals surface area contributed by atoms with Crippen LogP contribution in [0.4, 0.5) is 18.9 Å². The zero-order valence-corrected chi connectivity index (χ0v) is 12.5. The van der Waals surface area contributed by atoms with E-state index in [1.165, 1.54) is 12.1 Å². The number of hydrogen-bond donors (Lipinski definition) is 2. The van der Waals surface area contributed by atoms with Crippen LogP contribution in [-0.4, -0.2) is 32.4 Å². The Morgan fingerprint density at radius 2 is 1.90 bits per heavy atom. The van der Waals surface area contributed by atoms with Gasteiger partial charge in [-0.3, -0.25) is 0 Å². The quantitative estimate of drug-likeness (QED) is 0.725. The highest BCUT2D eigenvalue weighted by molar-refractivity contribution is 5.51. The van der Waals surface area contributed by atoms with E-state index in [4.69, 9.17) is 5.11 Å². The maximum Gasteiger partial charge on any atom is 0.416 e. The lowest BCUT2D eigenvalue weighted by atomic mass is 10.1. The van der Waals surface area contributed by atoms with Crippen LogP contribution in [0.15, 0.2) is 18.2 Å². The van der Waals surface area contributed by atoms with Crippen LogP contribution in [0, 0.1) is 0 Å². The summed E-state index contributed by atoms with van der Waals surface area (Å²) in [4.78, 5) is 1.82. The Kier molecular flexibility index (Phi) is 6.98. The van der Waals surface area contributed by atoms with Crippen LogP contribution in [-0.2, 0) is 12.7 Å². The number of benzene rings is 1. The number of halogens is 3. The summed E-state index contributed by atoms with van der Waals surface area (Å²) in [6.07, 6.45) is -1.91. The smallest absolute Gasteiger partial charge is 0.396 e. The lowest BCUT2D eigenvalue weighted by Crippen LogP contribution is -2.20. The fourth-order valence-corrected chi connectivity index (χ4v) is 2.18. The molecule has 0 aliphatic carbocycles. The Bertz CT molecular complexity index is 435. The van der Waals surface area contributed by atoms with Gasteiger partial charge in [0.15, 0.2) is 0 Å². The molecule has 3 nitrogen and oxygen atoms in total. The number of aliphatic hydroxyl groups excluding tert-OH is 1. The summed E-state index contributed by atoms with van der Waals surface area (Å²) >= 11 is 0. The number of hydrogen-bond acceptors (Lipinski definition) is 3. The van der Waals surface area contributed by atoms with E-state index in [9.17, 15) is 13.2 Å². The first kappa shape index (κ1) is 17.8. The van der Waals surface area contributed by atoms with E-state index in [0.717, 1.165) is 19.3 Å². The third-order valence-corrected chi connectivity index (χ3v) is 3.36.